The van der Waals surface area contributed by atoms with Crippen LogP contribution >= 0.6 is 23.2 Å². The zero-order valence-electron chi connectivity index (χ0n) is 14.1. The molecule has 134 valence electrons. The van der Waals surface area contributed by atoms with E-state index >= 15 is 0 Å². The van der Waals surface area contributed by atoms with Crippen molar-refractivity contribution in [3.8, 4) is 0 Å². The van der Waals surface area contributed by atoms with Crippen LogP contribution in [0.1, 0.15) is 18.1 Å². The molecule has 4 nitrogen and oxygen atoms in total. The Kier molecular flexibility index (Phi) is 8.22. The average molecular weight is 382 g/mol. The van der Waals surface area contributed by atoms with Crippen molar-refractivity contribution in [1.29, 1.82) is 0 Å². The maximum atomic E-state index is 12.3. The van der Waals surface area contributed by atoms with Crippen LogP contribution < -0.4 is 5.32 Å². The first kappa shape index (κ1) is 19.7. The SMILES string of the molecule is CCOCCOCc1cccc(NC(=O)Cc2c(Cl)cccc2Cl)c1. The van der Waals surface area contributed by atoms with Crippen molar-refractivity contribution in [3.05, 3.63) is 63.6 Å². The second-order valence-electron chi connectivity index (χ2n) is 5.38. The van der Waals surface area contributed by atoms with Gasteiger partial charge in [-0.3, -0.25) is 4.79 Å². The minimum absolute atomic E-state index is 0.119. The van der Waals surface area contributed by atoms with Crippen LogP contribution in [0.2, 0.25) is 10.0 Å². The lowest BCUT2D eigenvalue weighted by atomic mass is 10.1. The number of benzene rings is 2. The average Bonchev–Trinajstić information content (AvgIpc) is 2.58. The number of hydrogen-bond acceptors (Lipinski definition) is 3. The fraction of sp³-hybridized carbons (Fsp3) is 0.316. The highest BCUT2D eigenvalue weighted by molar-refractivity contribution is 6.36. The van der Waals surface area contributed by atoms with Crippen molar-refractivity contribution >= 4 is 34.8 Å². The summed E-state index contributed by atoms with van der Waals surface area (Å²) in [6.45, 7) is 4.20. The summed E-state index contributed by atoms with van der Waals surface area (Å²) >= 11 is 12.2. The van der Waals surface area contributed by atoms with Crippen LogP contribution in [-0.4, -0.2) is 25.7 Å². The van der Waals surface area contributed by atoms with Gasteiger partial charge in [-0.15, -0.1) is 0 Å². The smallest absolute Gasteiger partial charge is 0.228 e. The molecular formula is C19H21Cl2NO3. The minimum atomic E-state index is -0.176. The molecule has 0 atom stereocenters. The predicted molar refractivity (Wildman–Crippen MR) is 101 cm³/mol. The van der Waals surface area contributed by atoms with Gasteiger partial charge in [0.05, 0.1) is 26.2 Å². The molecule has 0 aliphatic rings. The van der Waals surface area contributed by atoms with Crippen molar-refractivity contribution in [1.82, 2.24) is 0 Å². The predicted octanol–water partition coefficient (Wildman–Crippen LogP) is 4.73. The molecule has 0 fully saturated rings. The lowest BCUT2D eigenvalue weighted by molar-refractivity contribution is -0.115. The normalized spacial score (nSPS) is 10.7. The molecule has 0 spiro atoms. The van der Waals surface area contributed by atoms with Crippen molar-refractivity contribution in [2.24, 2.45) is 0 Å². The molecule has 0 saturated carbocycles. The minimum Gasteiger partial charge on any atom is -0.379 e. The number of anilines is 1. The maximum Gasteiger partial charge on any atom is 0.228 e. The van der Waals surface area contributed by atoms with Crippen molar-refractivity contribution in [2.75, 3.05) is 25.1 Å². The molecule has 2 aromatic rings. The highest BCUT2D eigenvalue weighted by Gasteiger charge is 2.11. The van der Waals surface area contributed by atoms with Crippen LogP contribution in [0.5, 0.6) is 0 Å². The molecule has 0 aromatic heterocycles. The van der Waals surface area contributed by atoms with Gasteiger partial charge in [-0.25, -0.2) is 0 Å². The van der Waals surface area contributed by atoms with Crippen LogP contribution in [-0.2, 0) is 27.3 Å². The van der Waals surface area contributed by atoms with E-state index in [2.05, 4.69) is 5.32 Å². The highest BCUT2D eigenvalue weighted by atomic mass is 35.5. The molecule has 2 aromatic carbocycles. The lowest BCUT2D eigenvalue weighted by Crippen LogP contribution is -2.15. The van der Waals surface area contributed by atoms with Crippen molar-refractivity contribution in [3.63, 3.8) is 0 Å². The van der Waals surface area contributed by atoms with Gasteiger partial charge in [-0.1, -0.05) is 41.4 Å². The second kappa shape index (κ2) is 10.4. The number of nitrogens with one attached hydrogen (secondary N) is 1. The molecule has 1 N–H and O–H groups in total. The Morgan fingerprint density at radius 1 is 1.04 bits per heavy atom. The zero-order chi connectivity index (χ0) is 18.1. The van der Waals surface area contributed by atoms with E-state index in [-0.39, 0.29) is 12.3 Å². The van der Waals surface area contributed by atoms with Gasteiger partial charge < -0.3 is 14.8 Å². The van der Waals surface area contributed by atoms with E-state index in [4.69, 9.17) is 32.7 Å². The fourth-order valence-electron chi connectivity index (χ4n) is 2.26. The Morgan fingerprint density at radius 2 is 1.72 bits per heavy atom. The molecule has 0 heterocycles. The first-order chi connectivity index (χ1) is 12.1. The second-order valence-corrected chi connectivity index (χ2v) is 6.19. The Labute approximate surface area is 158 Å². The van der Waals surface area contributed by atoms with Crippen LogP contribution in [0.15, 0.2) is 42.5 Å². The molecule has 0 aliphatic heterocycles. The molecule has 6 heteroatoms. The van der Waals surface area contributed by atoms with Gasteiger partial charge >= 0.3 is 0 Å². The number of hydrogen-bond donors (Lipinski definition) is 1. The van der Waals surface area contributed by atoms with Gasteiger partial charge in [0.25, 0.3) is 0 Å². The highest BCUT2D eigenvalue weighted by Crippen LogP contribution is 2.25. The van der Waals surface area contributed by atoms with Crippen molar-refractivity contribution in [2.45, 2.75) is 20.0 Å². The van der Waals surface area contributed by atoms with Crippen LogP contribution in [0, 0.1) is 0 Å². The van der Waals surface area contributed by atoms with E-state index in [9.17, 15) is 4.79 Å². The van der Waals surface area contributed by atoms with E-state index < -0.39 is 0 Å². The Balaban J connectivity index is 1.89. The monoisotopic (exact) mass is 381 g/mol. The fourth-order valence-corrected chi connectivity index (χ4v) is 2.79. The first-order valence-electron chi connectivity index (χ1n) is 8.07. The van der Waals surface area contributed by atoms with E-state index in [0.717, 1.165) is 5.56 Å². The molecule has 1 amide bonds. The molecule has 0 aliphatic carbocycles. The summed E-state index contributed by atoms with van der Waals surface area (Å²) in [5.41, 5.74) is 2.31. The van der Waals surface area contributed by atoms with E-state index in [1.165, 1.54) is 0 Å². The zero-order valence-corrected chi connectivity index (χ0v) is 15.6. The van der Waals surface area contributed by atoms with E-state index in [1.807, 2.05) is 31.2 Å². The third kappa shape index (κ3) is 6.67. The van der Waals surface area contributed by atoms with E-state index in [1.54, 1.807) is 18.2 Å². The third-order valence-electron chi connectivity index (χ3n) is 3.45. The lowest BCUT2D eigenvalue weighted by Gasteiger charge is -2.10. The molecule has 25 heavy (non-hydrogen) atoms. The number of rotatable bonds is 9. The maximum absolute atomic E-state index is 12.3. The largest absolute Gasteiger partial charge is 0.379 e. The topological polar surface area (TPSA) is 47.6 Å². The molecule has 0 saturated heterocycles. The summed E-state index contributed by atoms with van der Waals surface area (Å²) in [5.74, 6) is -0.176. The van der Waals surface area contributed by atoms with Gasteiger partial charge in [0.1, 0.15) is 0 Å². The van der Waals surface area contributed by atoms with Crippen molar-refractivity contribution < 1.29 is 14.3 Å². The van der Waals surface area contributed by atoms with E-state index in [0.29, 0.717) is 47.7 Å². The number of carbonyl (C=O) groups excluding carboxylic acids is 1. The molecular weight excluding hydrogens is 361 g/mol. The van der Waals surface area contributed by atoms with Crippen LogP contribution in [0.25, 0.3) is 0 Å². The number of amides is 1. The molecule has 0 unspecified atom stereocenters. The summed E-state index contributed by atoms with van der Waals surface area (Å²) in [4.78, 5) is 12.3. The molecule has 0 radical (unpaired) electrons. The standard InChI is InChI=1S/C19H21Cl2NO3/c1-2-24-9-10-25-13-14-5-3-6-15(11-14)22-19(23)12-16-17(20)7-4-8-18(16)21/h3-8,11H,2,9-10,12-13H2,1H3,(H,22,23). The van der Waals surface area contributed by atoms with Crippen LogP contribution in [0.3, 0.4) is 0 Å². The summed E-state index contributed by atoms with van der Waals surface area (Å²) in [6.07, 6.45) is 0.119. The number of halogens is 2. The Hall–Kier alpha value is -1.59. The Morgan fingerprint density at radius 3 is 2.44 bits per heavy atom. The van der Waals surface area contributed by atoms with Gasteiger partial charge in [0.15, 0.2) is 0 Å². The Bertz CT molecular complexity index is 687. The van der Waals surface area contributed by atoms with Gasteiger partial charge in [0, 0.05) is 22.3 Å². The summed E-state index contributed by atoms with van der Waals surface area (Å²) in [5, 5.41) is 3.83. The van der Waals surface area contributed by atoms with Gasteiger partial charge in [-0.2, -0.15) is 0 Å². The quantitative estimate of drug-likeness (QED) is 0.638. The summed E-state index contributed by atoms with van der Waals surface area (Å²) in [7, 11) is 0. The first-order valence-corrected chi connectivity index (χ1v) is 8.83. The molecule has 2 rings (SSSR count). The number of ether oxygens (including phenoxy) is 2. The molecule has 0 bridgehead atoms. The summed E-state index contributed by atoms with van der Waals surface area (Å²) < 4.78 is 10.8. The van der Waals surface area contributed by atoms with Crippen LogP contribution in [0.4, 0.5) is 5.69 Å². The van der Waals surface area contributed by atoms with Gasteiger partial charge in [0.2, 0.25) is 5.91 Å². The number of carbonyl (C=O) groups is 1. The summed E-state index contributed by atoms with van der Waals surface area (Å²) in [6, 6.07) is 12.7. The third-order valence-corrected chi connectivity index (χ3v) is 4.16. The van der Waals surface area contributed by atoms with Gasteiger partial charge in [-0.05, 0) is 42.3 Å².